The molecule has 2 heteroatoms. The van der Waals surface area contributed by atoms with Crippen LogP contribution in [0.1, 0.15) is 27.7 Å². The second-order valence-electron chi connectivity index (χ2n) is 6.13. The third-order valence-corrected chi connectivity index (χ3v) is 5.03. The lowest BCUT2D eigenvalue weighted by atomic mass is 9.96. The van der Waals surface area contributed by atoms with Crippen LogP contribution >= 0.6 is 0 Å². The molecular weight excluding hydrogens is 292 g/mol. The van der Waals surface area contributed by atoms with Crippen LogP contribution in [0.15, 0.2) is 48.5 Å². The van der Waals surface area contributed by atoms with Gasteiger partial charge < -0.3 is 9.80 Å². The van der Waals surface area contributed by atoms with Crippen molar-refractivity contribution in [2.45, 2.75) is 27.7 Å². The molecule has 0 saturated carbocycles. The van der Waals surface area contributed by atoms with Crippen molar-refractivity contribution < 1.29 is 0 Å². The van der Waals surface area contributed by atoms with E-state index in [0.29, 0.717) is 0 Å². The molecule has 0 amide bonds. The van der Waals surface area contributed by atoms with Crippen molar-refractivity contribution in [2.24, 2.45) is 0 Å². The minimum absolute atomic E-state index is 1.02. The van der Waals surface area contributed by atoms with Crippen molar-refractivity contribution in [1.29, 1.82) is 0 Å². The van der Waals surface area contributed by atoms with E-state index in [2.05, 4.69) is 86.0 Å². The summed E-state index contributed by atoms with van der Waals surface area (Å²) in [5.74, 6) is 0. The third-order valence-electron chi connectivity index (χ3n) is 5.03. The molecule has 0 heterocycles. The topological polar surface area (TPSA) is 6.48 Å². The first-order chi connectivity index (χ1) is 11.8. The van der Waals surface area contributed by atoms with Gasteiger partial charge >= 0.3 is 0 Å². The molecule has 126 valence electrons. The summed E-state index contributed by atoms with van der Waals surface area (Å²) in [5, 5.41) is 5.45. The van der Waals surface area contributed by atoms with Crippen LogP contribution < -0.4 is 9.80 Å². The van der Waals surface area contributed by atoms with Gasteiger partial charge in [0.25, 0.3) is 0 Å². The van der Waals surface area contributed by atoms with Crippen molar-refractivity contribution in [3.05, 3.63) is 48.5 Å². The van der Waals surface area contributed by atoms with Gasteiger partial charge in [-0.1, -0.05) is 48.5 Å². The molecule has 0 aliphatic carbocycles. The lowest BCUT2D eigenvalue weighted by Crippen LogP contribution is -2.25. The Hall–Kier alpha value is -2.22. The average Bonchev–Trinajstić information content (AvgIpc) is 2.64. The smallest absolute Gasteiger partial charge is 0.0526 e. The van der Waals surface area contributed by atoms with Crippen molar-refractivity contribution >= 4 is 32.9 Å². The van der Waals surface area contributed by atoms with Crippen LogP contribution in [0, 0.1) is 0 Å². The van der Waals surface area contributed by atoms with Crippen LogP contribution in [0.5, 0.6) is 0 Å². The molecule has 0 N–H and O–H groups in total. The van der Waals surface area contributed by atoms with E-state index in [1.165, 1.54) is 32.9 Å². The number of hydrogen-bond acceptors (Lipinski definition) is 2. The predicted octanol–water partition coefficient (Wildman–Crippen LogP) is 5.69. The van der Waals surface area contributed by atoms with Gasteiger partial charge in [0.05, 0.1) is 11.4 Å². The van der Waals surface area contributed by atoms with Crippen LogP contribution in [0.4, 0.5) is 11.4 Å². The second-order valence-corrected chi connectivity index (χ2v) is 6.13. The molecule has 2 nitrogen and oxygen atoms in total. The molecule has 0 radical (unpaired) electrons. The Morgan fingerprint density at radius 2 is 0.750 bits per heavy atom. The van der Waals surface area contributed by atoms with E-state index < -0.39 is 0 Å². The summed E-state index contributed by atoms with van der Waals surface area (Å²) in [6.45, 7) is 13.1. The minimum Gasteiger partial charge on any atom is -0.371 e. The van der Waals surface area contributed by atoms with Gasteiger partial charge in [0.2, 0.25) is 0 Å². The summed E-state index contributed by atoms with van der Waals surface area (Å²) in [6, 6.07) is 17.8. The van der Waals surface area contributed by atoms with Gasteiger partial charge in [-0.05, 0) is 27.7 Å². The van der Waals surface area contributed by atoms with E-state index in [1.807, 2.05) is 0 Å². The first kappa shape index (κ1) is 16.6. The Morgan fingerprint density at radius 1 is 0.500 bits per heavy atom. The first-order valence-electron chi connectivity index (χ1n) is 9.20. The highest BCUT2D eigenvalue weighted by Gasteiger charge is 2.18. The Balaban J connectivity index is 2.50. The molecule has 24 heavy (non-hydrogen) atoms. The predicted molar refractivity (Wildman–Crippen MR) is 109 cm³/mol. The molecule has 0 aromatic heterocycles. The molecule has 0 aliphatic heterocycles. The Morgan fingerprint density at radius 3 is 0.958 bits per heavy atom. The average molecular weight is 320 g/mol. The van der Waals surface area contributed by atoms with E-state index in [-0.39, 0.29) is 0 Å². The Labute approximate surface area is 145 Å². The molecule has 0 atom stereocenters. The quantitative estimate of drug-likeness (QED) is 0.425. The lowest BCUT2D eigenvalue weighted by molar-refractivity contribution is 0.869. The van der Waals surface area contributed by atoms with Gasteiger partial charge in [0, 0.05) is 47.7 Å². The van der Waals surface area contributed by atoms with Gasteiger partial charge in [0.1, 0.15) is 0 Å². The second kappa shape index (κ2) is 7.12. The standard InChI is InChI=1S/C22H28N2/c1-5-23(6-2)21-17-13-9-11-15-19(17)22(24(7-3)8-4)20-16-12-10-14-18(20)21/h9-16H,5-8H2,1-4H3. The van der Waals surface area contributed by atoms with E-state index in [1.54, 1.807) is 0 Å². The van der Waals surface area contributed by atoms with Crippen LogP contribution in [-0.4, -0.2) is 26.2 Å². The molecular formula is C22H28N2. The molecule has 0 fully saturated rings. The molecule has 0 saturated heterocycles. The summed E-state index contributed by atoms with van der Waals surface area (Å²) >= 11 is 0. The zero-order chi connectivity index (χ0) is 17.1. The van der Waals surface area contributed by atoms with Crippen LogP contribution in [0.3, 0.4) is 0 Å². The van der Waals surface area contributed by atoms with E-state index in [4.69, 9.17) is 0 Å². The maximum atomic E-state index is 2.48. The number of fused-ring (bicyclic) bond motifs is 2. The highest BCUT2D eigenvalue weighted by atomic mass is 15.1. The number of anilines is 2. The largest absolute Gasteiger partial charge is 0.371 e. The van der Waals surface area contributed by atoms with Gasteiger partial charge in [0.15, 0.2) is 0 Å². The fourth-order valence-corrected chi connectivity index (χ4v) is 3.84. The van der Waals surface area contributed by atoms with Gasteiger partial charge in [-0.2, -0.15) is 0 Å². The van der Waals surface area contributed by atoms with Gasteiger partial charge in [-0.25, -0.2) is 0 Å². The molecule has 3 aromatic carbocycles. The van der Waals surface area contributed by atoms with Crippen LogP contribution in [0.2, 0.25) is 0 Å². The molecule has 3 rings (SSSR count). The normalized spacial score (nSPS) is 11.2. The van der Waals surface area contributed by atoms with Gasteiger partial charge in [-0.3, -0.25) is 0 Å². The summed E-state index contributed by atoms with van der Waals surface area (Å²) < 4.78 is 0. The van der Waals surface area contributed by atoms with Crippen LogP contribution in [-0.2, 0) is 0 Å². The number of hydrogen-bond donors (Lipinski definition) is 0. The Bertz CT molecular complexity index is 703. The van der Waals surface area contributed by atoms with Crippen molar-refractivity contribution in [3.63, 3.8) is 0 Å². The highest BCUT2D eigenvalue weighted by Crippen LogP contribution is 2.43. The highest BCUT2D eigenvalue weighted by molar-refractivity contribution is 6.20. The third kappa shape index (κ3) is 2.60. The number of benzene rings is 3. The summed E-state index contributed by atoms with van der Waals surface area (Å²) in [6.07, 6.45) is 0. The molecule has 0 bridgehead atoms. The summed E-state index contributed by atoms with van der Waals surface area (Å²) in [7, 11) is 0. The number of nitrogens with zero attached hydrogens (tertiary/aromatic N) is 2. The van der Waals surface area contributed by atoms with E-state index >= 15 is 0 Å². The maximum absolute atomic E-state index is 2.48. The number of rotatable bonds is 6. The van der Waals surface area contributed by atoms with Crippen molar-refractivity contribution in [1.82, 2.24) is 0 Å². The zero-order valence-electron chi connectivity index (χ0n) is 15.3. The summed E-state index contributed by atoms with van der Waals surface area (Å²) in [5.41, 5.74) is 2.75. The minimum atomic E-state index is 1.02. The SMILES string of the molecule is CCN(CC)c1c2ccccc2c(N(CC)CC)c2ccccc12. The van der Waals surface area contributed by atoms with Crippen LogP contribution in [0.25, 0.3) is 21.5 Å². The van der Waals surface area contributed by atoms with Crippen molar-refractivity contribution in [3.8, 4) is 0 Å². The summed E-state index contributed by atoms with van der Waals surface area (Å²) in [4.78, 5) is 4.97. The monoisotopic (exact) mass is 320 g/mol. The molecule has 0 unspecified atom stereocenters. The fraction of sp³-hybridized carbons (Fsp3) is 0.364. The molecule has 0 aliphatic rings. The zero-order valence-corrected chi connectivity index (χ0v) is 15.3. The Kier molecular flexibility index (Phi) is 4.94. The molecule has 3 aromatic rings. The van der Waals surface area contributed by atoms with Gasteiger partial charge in [-0.15, -0.1) is 0 Å². The van der Waals surface area contributed by atoms with Crippen molar-refractivity contribution in [2.75, 3.05) is 36.0 Å². The first-order valence-corrected chi connectivity index (χ1v) is 9.20. The van der Waals surface area contributed by atoms with E-state index in [0.717, 1.165) is 26.2 Å². The van der Waals surface area contributed by atoms with E-state index in [9.17, 15) is 0 Å². The molecule has 0 spiro atoms. The lowest BCUT2D eigenvalue weighted by Gasteiger charge is -2.30. The fourth-order valence-electron chi connectivity index (χ4n) is 3.84. The maximum Gasteiger partial charge on any atom is 0.0526 e.